The van der Waals surface area contributed by atoms with Gasteiger partial charge in [0.15, 0.2) is 5.78 Å². The summed E-state index contributed by atoms with van der Waals surface area (Å²) in [5.41, 5.74) is 0.998. The first-order chi connectivity index (χ1) is 31.7. The van der Waals surface area contributed by atoms with Crippen molar-refractivity contribution in [1.29, 1.82) is 0 Å². The Hall–Kier alpha value is -3.41. The molecule has 1 amide bonds. The van der Waals surface area contributed by atoms with Gasteiger partial charge >= 0.3 is 5.97 Å². The average Bonchev–Trinajstić information content (AvgIpc) is 3.30. The summed E-state index contributed by atoms with van der Waals surface area (Å²) in [6, 6.07) is -1.16. The van der Waals surface area contributed by atoms with Gasteiger partial charge in [0.25, 0.3) is 11.7 Å². The highest BCUT2D eigenvalue weighted by Crippen LogP contribution is 2.38. The molecule has 4 aliphatic rings. The molecule has 0 unspecified atom stereocenters. The van der Waals surface area contributed by atoms with Crippen LogP contribution in [0.5, 0.6) is 0 Å². The number of cyclic esters (lactones) is 1. The number of carbonyl (C=O) groups excluding carboxylic acids is 5. The number of aliphatic hydroxyl groups excluding tert-OH is 3. The van der Waals surface area contributed by atoms with E-state index in [2.05, 4.69) is 0 Å². The number of Topliss-reactive ketones (excluding diaryl/α,β-unsaturated/α-hetero) is 3. The molecule has 15 heteroatoms. The van der Waals surface area contributed by atoms with Crippen LogP contribution >= 0.6 is 0 Å². The summed E-state index contributed by atoms with van der Waals surface area (Å²) in [5, 5.41) is 43.8. The van der Waals surface area contributed by atoms with Crippen molar-refractivity contribution in [3.8, 4) is 0 Å². The van der Waals surface area contributed by atoms with Crippen molar-refractivity contribution in [2.75, 3.05) is 34.0 Å². The summed E-state index contributed by atoms with van der Waals surface area (Å²) in [6.45, 7) is 12.6. The van der Waals surface area contributed by atoms with Crippen LogP contribution in [0.4, 0.5) is 0 Å². The van der Waals surface area contributed by atoms with Gasteiger partial charge in [-0.15, -0.1) is 0 Å². The van der Waals surface area contributed by atoms with Crippen molar-refractivity contribution in [3.63, 3.8) is 0 Å². The van der Waals surface area contributed by atoms with E-state index < -0.39 is 77.8 Å². The third kappa shape index (κ3) is 15.3. The van der Waals surface area contributed by atoms with Crippen molar-refractivity contribution in [3.05, 3.63) is 47.6 Å². The number of hydrogen-bond donors (Lipinski definition) is 4. The first-order valence-corrected chi connectivity index (χ1v) is 24.6. The van der Waals surface area contributed by atoms with Crippen LogP contribution in [0, 0.1) is 35.5 Å². The maximum Gasteiger partial charge on any atom is 0.329 e. The first-order valence-electron chi connectivity index (χ1n) is 24.6. The van der Waals surface area contributed by atoms with Gasteiger partial charge < -0.3 is 49.0 Å². The van der Waals surface area contributed by atoms with Crippen LogP contribution in [-0.4, -0.2) is 143 Å². The lowest BCUT2D eigenvalue weighted by atomic mass is 9.78. The number of methoxy groups -OCH3 is 2. The molecule has 0 spiro atoms. The zero-order valence-electron chi connectivity index (χ0n) is 41.5. The molecule has 2 bridgehead atoms. The maximum absolute atomic E-state index is 14.4. The second kappa shape index (κ2) is 26.5. The Kier molecular flexibility index (Phi) is 22.3. The summed E-state index contributed by atoms with van der Waals surface area (Å²) in [7, 11) is 2.99. The number of rotatable bonds is 8. The second-order valence-electron chi connectivity index (χ2n) is 19.9. The van der Waals surface area contributed by atoms with Gasteiger partial charge in [-0.25, -0.2) is 4.79 Å². The van der Waals surface area contributed by atoms with Gasteiger partial charge in [-0.1, -0.05) is 71.1 Å². The lowest BCUT2D eigenvalue weighted by Crippen LogP contribution is -2.61. The lowest BCUT2D eigenvalue weighted by Gasteiger charge is -2.42. The normalized spacial score (nSPS) is 37.1. The Balaban J connectivity index is 1.68. The van der Waals surface area contributed by atoms with Crippen molar-refractivity contribution in [2.24, 2.45) is 35.5 Å². The molecule has 3 heterocycles. The Bertz CT molecular complexity index is 1790. The maximum atomic E-state index is 14.4. The second-order valence-corrected chi connectivity index (χ2v) is 19.9. The zero-order chi connectivity index (χ0) is 49.6. The minimum atomic E-state index is -2.49. The van der Waals surface area contributed by atoms with E-state index >= 15 is 0 Å². The Morgan fingerprint density at radius 3 is 2.28 bits per heavy atom. The van der Waals surface area contributed by atoms with Crippen molar-refractivity contribution in [2.45, 2.75) is 180 Å². The van der Waals surface area contributed by atoms with E-state index in [4.69, 9.17) is 23.7 Å². The number of carbonyl (C=O) groups is 5. The smallest absolute Gasteiger partial charge is 0.329 e. The molecule has 2 saturated heterocycles. The fourth-order valence-corrected chi connectivity index (χ4v) is 10.2. The Morgan fingerprint density at radius 1 is 0.866 bits per heavy atom. The topological polar surface area (TPSA) is 216 Å². The summed E-state index contributed by atoms with van der Waals surface area (Å²) >= 11 is 0. The van der Waals surface area contributed by atoms with Crippen LogP contribution in [0.2, 0.25) is 0 Å². The third-order valence-electron chi connectivity index (χ3n) is 14.6. The lowest BCUT2D eigenvalue weighted by molar-refractivity contribution is -0.265. The predicted octanol–water partition coefficient (Wildman–Crippen LogP) is 5.54. The van der Waals surface area contributed by atoms with E-state index in [0.29, 0.717) is 62.5 Å². The summed E-state index contributed by atoms with van der Waals surface area (Å²) in [6.07, 6.45) is 10.3. The van der Waals surface area contributed by atoms with Crippen LogP contribution in [0.1, 0.15) is 126 Å². The van der Waals surface area contributed by atoms with Crippen molar-refractivity contribution in [1.82, 2.24) is 4.90 Å². The van der Waals surface area contributed by atoms with E-state index in [0.717, 1.165) is 11.3 Å². The monoisotopic (exact) mass is 944 g/mol. The number of nitrogens with zero attached hydrogens (tertiary/aromatic N) is 1. The number of ether oxygens (including phenoxy) is 5. The standard InChI is InChI=1S/C52H81NO14/c1-31-15-11-10-12-16-32(2)41(55)29-39-20-18-37(7)52(62,67-39)49(59)50(60)53-22-14-13-17-40(53)51(61)66-44(34(4)27-38-19-21-43(65-24-23-54)45(28-38)63-8)30-42(56)33(3)26-36(6)47(58)48(64-9)46(57)35(5)25-31/h10-12,15-16,26,31,33-35,37-41,43-45,47-48,54-55,58,62H,13-14,17-25,27-30H2,1-9H3/t31-,33-,34-,35-,37-,38+,39+,40+,41+,43-,44+,45-,47-,48+,52-/m1/s1. The molecule has 15 nitrogen and oxygen atoms in total. The number of ketones is 3. The highest BCUT2D eigenvalue weighted by atomic mass is 16.6. The molecule has 0 aromatic heterocycles. The van der Waals surface area contributed by atoms with Gasteiger partial charge in [0.1, 0.15) is 30.1 Å². The molecule has 0 aromatic rings. The van der Waals surface area contributed by atoms with Gasteiger partial charge in [0.05, 0.1) is 37.6 Å². The van der Waals surface area contributed by atoms with Gasteiger partial charge in [-0.2, -0.15) is 0 Å². The van der Waals surface area contributed by atoms with E-state index in [1.54, 1.807) is 60.0 Å². The number of piperidine rings is 1. The summed E-state index contributed by atoms with van der Waals surface area (Å²) in [4.78, 5) is 71.8. The molecule has 3 fully saturated rings. The molecular weight excluding hydrogens is 863 g/mol. The van der Waals surface area contributed by atoms with Gasteiger partial charge in [0, 0.05) is 51.4 Å². The number of esters is 1. The fraction of sp³-hybridized carbons (Fsp3) is 0.750. The molecular formula is C52H81NO14. The van der Waals surface area contributed by atoms with Crippen molar-refractivity contribution < 1.29 is 68.1 Å². The number of amides is 1. The van der Waals surface area contributed by atoms with Crippen LogP contribution in [0.25, 0.3) is 0 Å². The minimum Gasteiger partial charge on any atom is -0.460 e. The van der Waals surface area contributed by atoms with E-state index in [-0.39, 0.29) is 80.5 Å². The highest BCUT2D eigenvalue weighted by Gasteiger charge is 2.53. The van der Waals surface area contributed by atoms with Gasteiger partial charge in [-0.3, -0.25) is 19.2 Å². The quantitative estimate of drug-likeness (QED) is 0.134. The largest absolute Gasteiger partial charge is 0.460 e. The van der Waals surface area contributed by atoms with Crippen LogP contribution in [-0.2, 0) is 47.7 Å². The first kappa shape index (κ1) is 56.2. The zero-order valence-corrected chi connectivity index (χ0v) is 41.5. The van der Waals surface area contributed by atoms with Crippen LogP contribution in [0.15, 0.2) is 47.6 Å². The number of hydrogen-bond acceptors (Lipinski definition) is 14. The molecule has 15 atom stereocenters. The van der Waals surface area contributed by atoms with E-state index in [1.165, 1.54) is 7.11 Å². The highest BCUT2D eigenvalue weighted by molar-refractivity contribution is 6.39. The predicted molar refractivity (Wildman–Crippen MR) is 251 cm³/mol. The number of allylic oxidation sites excluding steroid dienone is 6. The molecule has 378 valence electrons. The molecule has 1 aliphatic carbocycles. The minimum absolute atomic E-state index is 0.00840. The third-order valence-corrected chi connectivity index (χ3v) is 14.6. The Labute approximate surface area is 398 Å². The van der Waals surface area contributed by atoms with Crippen LogP contribution in [0.3, 0.4) is 0 Å². The molecule has 4 rings (SSSR count). The van der Waals surface area contributed by atoms with Gasteiger partial charge in [-0.05, 0) is 107 Å². The molecule has 67 heavy (non-hydrogen) atoms. The molecule has 1 saturated carbocycles. The number of fused-ring (bicyclic) bond motifs is 3. The fourth-order valence-electron chi connectivity index (χ4n) is 10.2. The SMILES string of the molecule is CO[C@@H]1C[C@H](C[C@@H](C)[C@@H]2CC(=O)[C@H](C)C=C(C)[C@@H](O)[C@@H](OC)C(=O)[C@H](C)C[C@H](C)C=CC=CC=C(C)[C@@H](O)C[C@@H]3CC[C@@H](C)[C@@](O)(O3)C(=O)C(=O)N3CCCC[C@H]3C(=O)O2)CC[C@H]1OCCO. The van der Waals surface area contributed by atoms with E-state index in [1.807, 2.05) is 32.1 Å². The number of aliphatic hydroxyl groups is 4. The molecule has 0 radical (unpaired) electrons. The van der Waals surface area contributed by atoms with E-state index in [9.17, 15) is 44.4 Å². The average molecular weight is 944 g/mol. The van der Waals surface area contributed by atoms with Crippen molar-refractivity contribution >= 4 is 29.2 Å². The van der Waals surface area contributed by atoms with Crippen LogP contribution < -0.4 is 0 Å². The summed E-state index contributed by atoms with van der Waals surface area (Å²) in [5.74, 6) is -8.25. The molecule has 4 N–H and O–H groups in total. The molecule has 0 aromatic carbocycles. The van der Waals surface area contributed by atoms with Gasteiger partial charge in [0.2, 0.25) is 5.79 Å². The molecule has 3 aliphatic heterocycles. The Morgan fingerprint density at radius 2 is 1.60 bits per heavy atom. The summed E-state index contributed by atoms with van der Waals surface area (Å²) < 4.78 is 29.5.